The summed E-state index contributed by atoms with van der Waals surface area (Å²) in [6, 6.07) is 7.98. The third-order valence-electron chi connectivity index (χ3n) is 6.10. The van der Waals surface area contributed by atoms with Gasteiger partial charge in [-0.05, 0) is 49.9 Å². The number of piperidine rings is 1. The van der Waals surface area contributed by atoms with Gasteiger partial charge in [-0.2, -0.15) is 0 Å². The molecule has 8 heteroatoms. The Morgan fingerprint density at radius 3 is 2.27 bits per heavy atom. The van der Waals surface area contributed by atoms with Crippen molar-refractivity contribution in [1.29, 1.82) is 0 Å². The average Bonchev–Trinajstić information content (AvgIpc) is 2.79. The molecular formula is C22H27F2N5O. The maximum atomic E-state index is 13.9. The summed E-state index contributed by atoms with van der Waals surface area (Å²) in [5.41, 5.74) is -0.484. The first kappa shape index (κ1) is 20.5. The van der Waals surface area contributed by atoms with Gasteiger partial charge in [-0.3, -0.25) is 4.79 Å². The minimum absolute atomic E-state index is 0.375. The summed E-state index contributed by atoms with van der Waals surface area (Å²) in [6.45, 7) is 5.05. The molecule has 1 unspecified atom stereocenters. The summed E-state index contributed by atoms with van der Waals surface area (Å²) in [6.07, 6.45) is 4.74. The van der Waals surface area contributed by atoms with E-state index >= 15 is 0 Å². The van der Waals surface area contributed by atoms with Gasteiger partial charge in [0, 0.05) is 38.8 Å². The largest absolute Gasteiger partial charge is 0.352 e. The van der Waals surface area contributed by atoms with E-state index in [4.69, 9.17) is 0 Å². The Bertz CT molecular complexity index is 863. The van der Waals surface area contributed by atoms with Crippen molar-refractivity contribution < 1.29 is 13.6 Å². The molecule has 1 amide bonds. The van der Waals surface area contributed by atoms with E-state index in [-0.39, 0.29) is 0 Å². The highest BCUT2D eigenvalue weighted by molar-refractivity contribution is 5.95. The predicted octanol–water partition coefficient (Wildman–Crippen LogP) is 3.49. The van der Waals surface area contributed by atoms with E-state index in [1.807, 2.05) is 17.0 Å². The highest BCUT2D eigenvalue weighted by atomic mass is 19.1. The third kappa shape index (κ3) is 4.08. The molecule has 2 aromatic rings. The molecule has 1 aromatic heterocycles. The Morgan fingerprint density at radius 1 is 0.967 bits per heavy atom. The van der Waals surface area contributed by atoms with E-state index in [2.05, 4.69) is 22.0 Å². The molecule has 6 nitrogen and oxygen atoms in total. The lowest BCUT2D eigenvalue weighted by molar-refractivity contribution is 0.0736. The van der Waals surface area contributed by atoms with E-state index in [1.54, 1.807) is 0 Å². The van der Waals surface area contributed by atoms with Crippen LogP contribution in [0.1, 0.15) is 43.0 Å². The third-order valence-corrected chi connectivity index (χ3v) is 6.10. The van der Waals surface area contributed by atoms with Crippen molar-refractivity contribution in [3.8, 4) is 0 Å². The Kier molecular flexibility index (Phi) is 6.11. The van der Waals surface area contributed by atoms with Crippen LogP contribution < -0.4 is 9.80 Å². The second kappa shape index (κ2) is 8.93. The summed E-state index contributed by atoms with van der Waals surface area (Å²) in [4.78, 5) is 18.4. The molecule has 0 N–H and O–H groups in total. The smallest absolute Gasteiger partial charge is 0.259 e. The van der Waals surface area contributed by atoms with Gasteiger partial charge in [0.15, 0.2) is 11.6 Å². The standard InChI is InChI=1S/C22H27F2N5O/c1-2-16-6-3-4-11-29(16)20-10-9-19(25-26-20)27-12-14-28(15-13-27)22(30)21-17(23)7-5-8-18(21)24/h5,7-10,16H,2-4,6,11-15H2,1H3. The van der Waals surface area contributed by atoms with Gasteiger partial charge in [-0.1, -0.05) is 13.0 Å². The van der Waals surface area contributed by atoms with Gasteiger partial charge in [0.1, 0.15) is 17.2 Å². The first-order valence-corrected chi connectivity index (χ1v) is 10.7. The number of anilines is 2. The number of halogens is 2. The molecule has 4 rings (SSSR count). The van der Waals surface area contributed by atoms with E-state index in [9.17, 15) is 13.6 Å². The van der Waals surface area contributed by atoms with Gasteiger partial charge < -0.3 is 14.7 Å². The summed E-state index contributed by atoms with van der Waals surface area (Å²) in [5.74, 6) is -0.594. The fourth-order valence-electron chi connectivity index (χ4n) is 4.37. The number of aromatic nitrogens is 2. The topological polar surface area (TPSA) is 52.6 Å². The van der Waals surface area contributed by atoms with Crippen LogP contribution in [-0.4, -0.2) is 59.8 Å². The lowest BCUT2D eigenvalue weighted by Gasteiger charge is -2.37. The average molecular weight is 415 g/mol. The first-order chi connectivity index (χ1) is 14.6. The van der Waals surface area contributed by atoms with Crippen LogP contribution in [0, 0.1) is 11.6 Å². The Labute approximate surface area is 175 Å². The summed E-state index contributed by atoms with van der Waals surface area (Å²) in [5, 5.41) is 8.87. The zero-order valence-electron chi connectivity index (χ0n) is 17.2. The molecule has 1 atom stereocenters. The number of nitrogens with zero attached hydrogens (tertiary/aromatic N) is 5. The molecule has 1 aromatic carbocycles. The predicted molar refractivity (Wildman–Crippen MR) is 112 cm³/mol. The van der Waals surface area contributed by atoms with Crippen LogP contribution in [-0.2, 0) is 0 Å². The Morgan fingerprint density at radius 2 is 1.63 bits per heavy atom. The summed E-state index contributed by atoms with van der Waals surface area (Å²) < 4.78 is 27.8. The number of benzene rings is 1. The lowest BCUT2D eigenvalue weighted by atomic mass is 10.0. The number of piperazine rings is 1. The molecule has 0 saturated carbocycles. The lowest BCUT2D eigenvalue weighted by Crippen LogP contribution is -2.49. The molecule has 3 heterocycles. The molecule has 2 aliphatic rings. The van der Waals surface area contributed by atoms with Crippen LogP contribution in [0.25, 0.3) is 0 Å². The maximum absolute atomic E-state index is 13.9. The minimum atomic E-state index is -0.827. The highest BCUT2D eigenvalue weighted by Crippen LogP contribution is 2.26. The van der Waals surface area contributed by atoms with E-state index in [1.165, 1.54) is 30.2 Å². The highest BCUT2D eigenvalue weighted by Gasteiger charge is 2.27. The molecule has 30 heavy (non-hydrogen) atoms. The van der Waals surface area contributed by atoms with Crippen LogP contribution in [0.4, 0.5) is 20.4 Å². The number of hydrogen-bond acceptors (Lipinski definition) is 5. The molecule has 2 saturated heterocycles. The minimum Gasteiger partial charge on any atom is -0.352 e. The number of amides is 1. The van der Waals surface area contributed by atoms with Crippen LogP contribution >= 0.6 is 0 Å². The fourth-order valence-corrected chi connectivity index (χ4v) is 4.37. The van der Waals surface area contributed by atoms with Crippen LogP contribution in [0.15, 0.2) is 30.3 Å². The van der Waals surface area contributed by atoms with Crippen molar-refractivity contribution in [3.63, 3.8) is 0 Å². The molecule has 0 aliphatic carbocycles. The van der Waals surface area contributed by atoms with Crippen molar-refractivity contribution in [1.82, 2.24) is 15.1 Å². The number of hydrogen-bond donors (Lipinski definition) is 0. The fraction of sp³-hybridized carbons (Fsp3) is 0.500. The van der Waals surface area contributed by atoms with Crippen LogP contribution in [0.5, 0.6) is 0 Å². The van der Waals surface area contributed by atoms with E-state index < -0.39 is 23.1 Å². The van der Waals surface area contributed by atoms with Gasteiger partial charge in [0.2, 0.25) is 0 Å². The van der Waals surface area contributed by atoms with Gasteiger partial charge >= 0.3 is 0 Å². The Balaban J connectivity index is 1.39. The zero-order valence-corrected chi connectivity index (χ0v) is 17.2. The molecule has 0 bridgehead atoms. The second-order valence-corrected chi connectivity index (χ2v) is 7.88. The molecule has 0 spiro atoms. The number of carbonyl (C=O) groups is 1. The van der Waals surface area contributed by atoms with Gasteiger partial charge in [0.05, 0.1) is 0 Å². The molecule has 160 valence electrons. The van der Waals surface area contributed by atoms with E-state index in [0.29, 0.717) is 32.2 Å². The number of carbonyl (C=O) groups excluding carboxylic acids is 1. The number of rotatable bonds is 4. The van der Waals surface area contributed by atoms with Crippen molar-refractivity contribution in [3.05, 3.63) is 47.5 Å². The van der Waals surface area contributed by atoms with Crippen LogP contribution in [0.2, 0.25) is 0 Å². The van der Waals surface area contributed by atoms with Crippen molar-refractivity contribution in [2.45, 2.75) is 38.6 Å². The first-order valence-electron chi connectivity index (χ1n) is 10.7. The normalized spacial score (nSPS) is 19.8. The monoisotopic (exact) mass is 415 g/mol. The molecule has 2 fully saturated rings. The zero-order chi connectivity index (χ0) is 21.1. The molecular weight excluding hydrogens is 388 g/mol. The second-order valence-electron chi connectivity index (χ2n) is 7.88. The summed E-state index contributed by atoms with van der Waals surface area (Å²) in [7, 11) is 0. The SMILES string of the molecule is CCC1CCCCN1c1ccc(N2CCN(C(=O)c3c(F)cccc3F)CC2)nn1. The van der Waals surface area contributed by atoms with Crippen LogP contribution in [0.3, 0.4) is 0 Å². The quantitative estimate of drug-likeness (QED) is 0.765. The molecule has 2 aliphatic heterocycles. The maximum Gasteiger partial charge on any atom is 0.259 e. The van der Waals surface area contributed by atoms with Gasteiger partial charge in [0.25, 0.3) is 5.91 Å². The Hall–Kier alpha value is -2.77. The molecule has 0 radical (unpaired) electrons. The van der Waals surface area contributed by atoms with Gasteiger partial charge in [-0.25, -0.2) is 8.78 Å². The summed E-state index contributed by atoms with van der Waals surface area (Å²) >= 11 is 0. The van der Waals surface area contributed by atoms with Crippen molar-refractivity contribution >= 4 is 17.5 Å². The van der Waals surface area contributed by atoms with Crippen molar-refractivity contribution in [2.24, 2.45) is 0 Å². The van der Waals surface area contributed by atoms with Crippen molar-refractivity contribution in [2.75, 3.05) is 42.5 Å². The van der Waals surface area contributed by atoms with E-state index in [0.717, 1.165) is 36.7 Å². The van der Waals surface area contributed by atoms with Gasteiger partial charge in [-0.15, -0.1) is 10.2 Å².